The van der Waals surface area contributed by atoms with Crippen LogP contribution in [0.1, 0.15) is 27.7 Å². The van der Waals surface area contributed by atoms with Crippen molar-refractivity contribution in [2.75, 3.05) is 33.0 Å². The molecule has 0 rings (SSSR count). The van der Waals surface area contributed by atoms with Gasteiger partial charge in [0.15, 0.2) is 0 Å². The highest BCUT2D eigenvalue weighted by atomic mass is 16.6. The molecule has 0 fully saturated rings. The summed E-state index contributed by atoms with van der Waals surface area (Å²) in [6.07, 6.45) is -0.304. The van der Waals surface area contributed by atoms with Crippen molar-refractivity contribution in [1.82, 2.24) is 4.90 Å². The highest BCUT2D eigenvalue weighted by Gasteiger charge is 2.18. The number of carbonyl (C=O) groups excluding carboxylic acids is 1. The molecule has 0 unspecified atom stereocenters. The second-order valence-corrected chi connectivity index (χ2v) is 4.59. The number of nitrogens with zero attached hydrogens (tertiary/aromatic N) is 1. The maximum absolute atomic E-state index is 11.8. The van der Waals surface area contributed by atoms with Crippen molar-refractivity contribution in [1.29, 1.82) is 0 Å². The first kappa shape index (κ1) is 16.2. The molecule has 1 amide bonds. The molecule has 17 heavy (non-hydrogen) atoms. The first-order valence-corrected chi connectivity index (χ1v) is 6.11. The van der Waals surface area contributed by atoms with Crippen molar-refractivity contribution in [3.05, 3.63) is 0 Å². The highest BCUT2D eigenvalue weighted by molar-refractivity contribution is 5.67. The normalized spacial score (nSPS) is 11.0. The van der Waals surface area contributed by atoms with Gasteiger partial charge >= 0.3 is 6.09 Å². The van der Waals surface area contributed by atoms with E-state index in [1.807, 2.05) is 27.7 Å². The average Bonchev–Trinajstić information content (AvgIpc) is 2.25. The van der Waals surface area contributed by atoms with Gasteiger partial charge in [-0.1, -0.05) is 13.8 Å². The maximum atomic E-state index is 11.8. The smallest absolute Gasteiger partial charge is 0.410 e. The van der Waals surface area contributed by atoms with Crippen LogP contribution in [0, 0.1) is 5.92 Å². The number of rotatable bonds is 8. The largest absolute Gasteiger partial charge is 0.449 e. The number of hydrogen-bond acceptors (Lipinski definition) is 4. The second kappa shape index (κ2) is 9.24. The third kappa shape index (κ3) is 7.99. The fourth-order valence-corrected chi connectivity index (χ4v) is 1.21. The fourth-order valence-electron chi connectivity index (χ4n) is 1.21. The molecule has 5 heteroatoms. The van der Waals surface area contributed by atoms with E-state index in [1.54, 1.807) is 4.90 Å². The number of aliphatic hydroxyl groups is 1. The van der Waals surface area contributed by atoms with Crippen LogP contribution < -0.4 is 0 Å². The second-order valence-electron chi connectivity index (χ2n) is 4.59. The Morgan fingerprint density at radius 1 is 1.24 bits per heavy atom. The Labute approximate surface area is 104 Å². The van der Waals surface area contributed by atoms with Gasteiger partial charge in [-0.15, -0.1) is 0 Å². The summed E-state index contributed by atoms with van der Waals surface area (Å²) < 4.78 is 10.3. The lowest BCUT2D eigenvalue weighted by Crippen LogP contribution is -2.40. The topological polar surface area (TPSA) is 59.0 Å². The van der Waals surface area contributed by atoms with Crippen LogP contribution in [0.5, 0.6) is 0 Å². The quantitative estimate of drug-likeness (QED) is 0.660. The van der Waals surface area contributed by atoms with Gasteiger partial charge in [0.05, 0.1) is 26.4 Å². The summed E-state index contributed by atoms with van der Waals surface area (Å²) in [5.74, 6) is 0.332. The third-order valence-electron chi connectivity index (χ3n) is 2.11. The lowest BCUT2D eigenvalue weighted by Gasteiger charge is -2.26. The van der Waals surface area contributed by atoms with E-state index in [1.165, 1.54) is 0 Å². The lowest BCUT2D eigenvalue weighted by atomic mass is 10.2. The SMILES string of the molecule is CC(C)COC(=O)N(CCOCCO)C(C)C. The molecule has 0 aromatic rings. The third-order valence-corrected chi connectivity index (χ3v) is 2.11. The highest BCUT2D eigenvalue weighted by Crippen LogP contribution is 2.03. The van der Waals surface area contributed by atoms with Crippen LogP contribution in [0.2, 0.25) is 0 Å². The number of carbonyl (C=O) groups is 1. The molecule has 0 aliphatic heterocycles. The van der Waals surface area contributed by atoms with Gasteiger partial charge in [0.2, 0.25) is 0 Å². The molecule has 0 aliphatic rings. The molecule has 0 spiro atoms. The lowest BCUT2D eigenvalue weighted by molar-refractivity contribution is 0.0493. The van der Waals surface area contributed by atoms with Gasteiger partial charge in [0.1, 0.15) is 0 Å². The van der Waals surface area contributed by atoms with Crippen molar-refractivity contribution in [2.45, 2.75) is 33.7 Å². The summed E-state index contributed by atoms with van der Waals surface area (Å²) >= 11 is 0. The van der Waals surface area contributed by atoms with E-state index < -0.39 is 0 Å². The first-order chi connectivity index (χ1) is 7.99. The van der Waals surface area contributed by atoms with Crippen LogP contribution >= 0.6 is 0 Å². The summed E-state index contributed by atoms with van der Waals surface area (Å²) in [6, 6.07) is 0.0763. The molecule has 0 aliphatic carbocycles. The van der Waals surface area contributed by atoms with Gasteiger partial charge < -0.3 is 19.5 Å². The standard InChI is InChI=1S/C12H25NO4/c1-10(2)9-17-12(15)13(11(3)4)5-7-16-8-6-14/h10-11,14H,5-9H2,1-4H3. The Kier molecular flexibility index (Phi) is 8.80. The zero-order valence-electron chi connectivity index (χ0n) is 11.3. The molecule has 0 saturated carbocycles. The minimum absolute atomic E-state index is 0.000521. The molecule has 0 atom stereocenters. The van der Waals surface area contributed by atoms with E-state index in [0.29, 0.717) is 32.3 Å². The van der Waals surface area contributed by atoms with Crippen molar-refractivity contribution in [3.63, 3.8) is 0 Å². The Morgan fingerprint density at radius 3 is 2.35 bits per heavy atom. The average molecular weight is 247 g/mol. The summed E-state index contributed by atoms with van der Waals surface area (Å²) in [5.41, 5.74) is 0. The molecule has 102 valence electrons. The Morgan fingerprint density at radius 2 is 1.88 bits per heavy atom. The molecule has 0 heterocycles. The van der Waals surface area contributed by atoms with Gasteiger partial charge in [0, 0.05) is 12.6 Å². The van der Waals surface area contributed by atoms with Gasteiger partial charge in [-0.2, -0.15) is 0 Å². The Bertz CT molecular complexity index is 207. The van der Waals surface area contributed by atoms with E-state index in [0.717, 1.165) is 0 Å². The molecule has 0 saturated heterocycles. The predicted molar refractivity (Wildman–Crippen MR) is 65.9 cm³/mol. The van der Waals surface area contributed by atoms with Gasteiger partial charge in [-0.05, 0) is 19.8 Å². The molecular weight excluding hydrogens is 222 g/mol. The van der Waals surface area contributed by atoms with Gasteiger partial charge in [0.25, 0.3) is 0 Å². The molecular formula is C12H25NO4. The molecule has 0 bridgehead atoms. The van der Waals surface area contributed by atoms with Crippen molar-refractivity contribution < 1.29 is 19.4 Å². The van der Waals surface area contributed by atoms with Crippen molar-refractivity contribution in [2.24, 2.45) is 5.92 Å². The van der Waals surface area contributed by atoms with Crippen LogP contribution in [-0.4, -0.2) is 55.1 Å². The monoisotopic (exact) mass is 247 g/mol. The minimum atomic E-state index is -0.304. The van der Waals surface area contributed by atoms with Crippen molar-refractivity contribution in [3.8, 4) is 0 Å². The van der Waals surface area contributed by atoms with Crippen LogP contribution in [0.3, 0.4) is 0 Å². The van der Waals surface area contributed by atoms with E-state index in [4.69, 9.17) is 14.6 Å². The fraction of sp³-hybridized carbons (Fsp3) is 0.917. The molecule has 0 aromatic heterocycles. The van der Waals surface area contributed by atoms with Crippen LogP contribution in [0.15, 0.2) is 0 Å². The molecule has 5 nitrogen and oxygen atoms in total. The van der Waals surface area contributed by atoms with E-state index in [9.17, 15) is 4.79 Å². The van der Waals surface area contributed by atoms with Crippen LogP contribution in [-0.2, 0) is 9.47 Å². The summed E-state index contributed by atoms with van der Waals surface area (Å²) in [4.78, 5) is 13.4. The number of hydrogen-bond donors (Lipinski definition) is 1. The van der Waals surface area contributed by atoms with E-state index >= 15 is 0 Å². The molecule has 0 aromatic carbocycles. The number of amides is 1. The van der Waals surface area contributed by atoms with E-state index in [-0.39, 0.29) is 18.7 Å². The molecule has 1 N–H and O–H groups in total. The van der Waals surface area contributed by atoms with Gasteiger partial charge in [-0.3, -0.25) is 0 Å². The van der Waals surface area contributed by atoms with Crippen molar-refractivity contribution >= 4 is 6.09 Å². The van der Waals surface area contributed by atoms with Gasteiger partial charge in [-0.25, -0.2) is 4.79 Å². The van der Waals surface area contributed by atoms with Crippen LogP contribution in [0.25, 0.3) is 0 Å². The minimum Gasteiger partial charge on any atom is -0.449 e. The summed E-state index contributed by atoms with van der Waals surface area (Å²) in [5, 5.41) is 8.56. The Balaban J connectivity index is 3.99. The predicted octanol–water partition coefficient (Wildman–Crippen LogP) is 1.50. The maximum Gasteiger partial charge on any atom is 0.410 e. The van der Waals surface area contributed by atoms with Crippen LogP contribution in [0.4, 0.5) is 4.79 Å². The molecule has 0 radical (unpaired) electrons. The van der Waals surface area contributed by atoms with E-state index in [2.05, 4.69) is 0 Å². The zero-order chi connectivity index (χ0) is 13.3. The zero-order valence-corrected chi connectivity index (χ0v) is 11.3. The number of ether oxygens (including phenoxy) is 2. The number of aliphatic hydroxyl groups excluding tert-OH is 1. The summed E-state index contributed by atoms with van der Waals surface area (Å²) in [6.45, 7) is 9.48. The summed E-state index contributed by atoms with van der Waals surface area (Å²) in [7, 11) is 0. The first-order valence-electron chi connectivity index (χ1n) is 6.11. The Hall–Kier alpha value is -0.810.